The van der Waals surface area contributed by atoms with Crippen LogP contribution < -0.4 is 5.14 Å². The highest BCUT2D eigenvalue weighted by atomic mass is 35.5. The number of amides is 2. The molecule has 2 aromatic rings. The Bertz CT molecular complexity index is 1150. The zero-order valence-corrected chi connectivity index (χ0v) is 21.5. The molecule has 0 spiro atoms. The molecule has 0 bridgehead atoms. The lowest BCUT2D eigenvalue weighted by Gasteiger charge is -2.51. The van der Waals surface area contributed by atoms with Crippen molar-refractivity contribution in [2.45, 2.75) is 52.1 Å². The minimum Gasteiger partial charge on any atom is -0.336 e. The zero-order chi connectivity index (χ0) is 25.1. The van der Waals surface area contributed by atoms with Gasteiger partial charge in [0.05, 0.1) is 12.2 Å². The molecule has 1 atom stereocenters. The van der Waals surface area contributed by atoms with Crippen molar-refractivity contribution in [1.29, 1.82) is 0 Å². The summed E-state index contributed by atoms with van der Waals surface area (Å²) in [5, 5.41) is 5.74. The smallest absolute Gasteiger partial charge is 0.248 e. The molecule has 0 aliphatic carbocycles. The summed E-state index contributed by atoms with van der Waals surface area (Å²) in [7, 11) is -3.64. The van der Waals surface area contributed by atoms with E-state index in [1.165, 1.54) is 0 Å². The van der Waals surface area contributed by atoms with E-state index in [4.69, 9.17) is 16.7 Å². The topological polar surface area (TPSA) is 101 Å². The number of likely N-dealkylation sites (tertiary alicyclic amines) is 1. The third kappa shape index (κ3) is 6.58. The summed E-state index contributed by atoms with van der Waals surface area (Å²) in [4.78, 5) is 30.1. The van der Waals surface area contributed by atoms with Crippen LogP contribution in [0.15, 0.2) is 42.5 Å². The van der Waals surface area contributed by atoms with E-state index in [1.54, 1.807) is 28.9 Å². The molecule has 9 heteroatoms. The minimum absolute atomic E-state index is 0.0944. The second kappa shape index (κ2) is 10.5. The summed E-state index contributed by atoms with van der Waals surface area (Å²) in [5.41, 5.74) is 3.01. The van der Waals surface area contributed by atoms with E-state index >= 15 is 0 Å². The molecule has 2 aromatic carbocycles. The second-order valence-electron chi connectivity index (χ2n) is 9.32. The van der Waals surface area contributed by atoms with Crippen molar-refractivity contribution < 1.29 is 18.0 Å². The van der Waals surface area contributed by atoms with Crippen molar-refractivity contribution in [2.24, 2.45) is 5.14 Å². The van der Waals surface area contributed by atoms with Crippen LogP contribution in [0.5, 0.6) is 0 Å². The van der Waals surface area contributed by atoms with Gasteiger partial charge in [-0.15, -0.1) is 0 Å². The van der Waals surface area contributed by atoms with Crippen molar-refractivity contribution in [3.05, 3.63) is 69.7 Å². The third-order valence-electron chi connectivity index (χ3n) is 6.25. The number of carbonyl (C=O) groups is 2. The highest BCUT2D eigenvalue weighted by molar-refractivity contribution is 7.89. The van der Waals surface area contributed by atoms with Gasteiger partial charge in [0.25, 0.3) is 0 Å². The molecule has 0 aromatic heterocycles. The van der Waals surface area contributed by atoms with Gasteiger partial charge in [-0.3, -0.25) is 9.59 Å². The molecule has 184 valence electrons. The summed E-state index contributed by atoms with van der Waals surface area (Å²) in [6.07, 6.45) is 0.996. The first-order valence-electron chi connectivity index (χ1n) is 11.3. The van der Waals surface area contributed by atoms with Crippen molar-refractivity contribution in [2.75, 3.05) is 18.8 Å². The Kier molecular flexibility index (Phi) is 8.06. The van der Waals surface area contributed by atoms with Gasteiger partial charge in [-0.2, -0.15) is 0 Å². The van der Waals surface area contributed by atoms with Crippen molar-refractivity contribution in [3.63, 3.8) is 0 Å². The van der Waals surface area contributed by atoms with E-state index in [9.17, 15) is 18.0 Å². The third-order valence-corrected chi connectivity index (χ3v) is 7.36. The normalized spacial score (nSPS) is 17.9. The maximum absolute atomic E-state index is 13.7. The number of benzene rings is 2. The van der Waals surface area contributed by atoms with Gasteiger partial charge in [0.1, 0.15) is 5.54 Å². The molecule has 3 rings (SSSR count). The lowest BCUT2D eigenvalue weighted by molar-refractivity contribution is -0.164. The van der Waals surface area contributed by atoms with Crippen LogP contribution in [-0.4, -0.2) is 54.4 Å². The quantitative estimate of drug-likeness (QED) is 0.565. The number of hydrogen-bond acceptors (Lipinski definition) is 4. The number of nitrogens with zero attached hydrogens (tertiary/aromatic N) is 2. The van der Waals surface area contributed by atoms with E-state index in [0.717, 1.165) is 22.3 Å². The summed E-state index contributed by atoms with van der Waals surface area (Å²) in [5.74, 6) is -0.510. The van der Waals surface area contributed by atoms with Crippen molar-refractivity contribution >= 4 is 33.4 Å². The van der Waals surface area contributed by atoms with Gasteiger partial charge in [0.2, 0.25) is 21.8 Å². The fraction of sp³-hybridized carbons (Fsp3) is 0.440. The molecule has 7 nitrogen and oxygen atoms in total. The second-order valence-corrected chi connectivity index (χ2v) is 11.5. The lowest BCUT2D eigenvalue weighted by Crippen LogP contribution is -2.68. The van der Waals surface area contributed by atoms with Gasteiger partial charge >= 0.3 is 0 Å². The molecule has 0 radical (unpaired) electrons. The molecular formula is C25H32ClN3O4S. The first-order valence-corrected chi connectivity index (χ1v) is 13.4. The Morgan fingerprint density at radius 3 is 2.24 bits per heavy atom. The summed E-state index contributed by atoms with van der Waals surface area (Å²) in [6.45, 7) is 6.79. The minimum atomic E-state index is -3.64. The molecule has 1 fully saturated rings. The fourth-order valence-corrected chi connectivity index (χ4v) is 5.14. The maximum Gasteiger partial charge on any atom is 0.248 e. The van der Waals surface area contributed by atoms with Crippen molar-refractivity contribution in [1.82, 2.24) is 9.80 Å². The van der Waals surface area contributed by atoms with Crippen LogP contribution in [0.1, 0.15) is 42.0 Å². The lowest BCUT2D eigenvalue weighted by atomic mass is 9.84. The van der Waals surface area contributed by atoms with E-state index in [0.29, 0.717) is 18.0 Å². The van der Waals surface area contributed by atoms with Crippen molar-refractivity contribution in [3.8, 4) is 0 Å². The molecule has 0 unspecified atom stereocenters. The van der Waals surface area contributed by atoms with Crippen LogP contribution >= 0.6 is 11.6 Å². The van der Waals surface area contributed by atoms with Crippen LogP contribution in [0.4, 0.5) is 0 Å². The molecule has 34 heavy (non-hydrogen) atoms. The highest BCUT2D eigenvalue weighted by Crippen LogP contribution is 2.34. The van der Waals surface area contributed by atoms with E-state index in [2.05, 4.69) is 6.07 Å². The van der Waals surface area contributed by atoms with Gasteiger partial charge in [0, 0.05) is 24.7 Å². The van der Waals surface area contributed by atoms with E-state index in [1.807, 2.05) is 38.1 Å². The molecule has 1 aliphatic rings. The number of carbonyl (C=O) groups excluding carboxylic acids is 2. The van der Waals surface area contributed by atoms with Gasteiger partial charge in [-0.25, -0.2) is 13.6 Å². The largest absolute Gasteiger partial charge is 0.336 e. The summed E-state index contributed by atoms with van der Waals surface area (Å²) in [6, 6.07) is 13.2. The summed E-state index contributed by atoms with van der Waals surface area (Å²) >= 11 is 5.98. The highest BCUT2D eigenvalue weighted by Gasteiger charge is 2.50. The standard InChI is InChI=1S/C25H32ClN3O4S/c1-18-13-19(2)15-21(14-18)16-23(30)29-11-9-25(29,3)24(31)28(10-4-12-34(27,32)33)17-20-5-7-22(26)8-6-20/h5-8,13-15H,4,9-12,16-17H2,1-3H3,(H2,27,32,33)/t25-/m0/s1. The number of aryl methyl sites for hydroxylation is 2. The average molecular weight is 506 g/mol. The number of hydrogen-bond donors (Lipinski definition) is 1. The van der Waals surface area contributed by atoms with Gasteiger partial charge in [-0.05, 0) is 56.9 Å². The average Bonchev–Trinajstić information content (AvgIpc) is 2.71. The first kappa shape index (κ1) is 26.2. The SMILES string of the molecule is Cc1cc(C)cc(CC(=O)N2CC[C@@]2(C)C(=O)N(CCCS(N)(=O)=O)Cc2ccc(Cl)cc2)c1. The van der Waals surface area contributed by atoms with Crippen LogP contribution in [-0.2, 0) is 32.6 Å². The van der Waals surface area contributed by atoms with Gasteiger partial charge in [-0.1, -0.05) is 53.1 Å². The number of halogens is 1. The molecule has 2 N–H and O–H groups in total. The van der Waals surface area contributed by atoms with Crippen LogP contribution in [0.3, 0.4) is 0 Å². The molecule has 1 heterocycles. The van der Waals surface area contributed by atoms with E-state index in [-0.39, 0.29) is 43.5 Å². The van der Waals surface area contributed by atoms with Crippen LogP contribution in [0.25, 0.3) is 0 Å². The molecule has 2 amide bonds. The van der Waals surface area contributed by atoms with Crippen LogP contribution in [0, 0.1) is 13.8 Å². The van der Waals surface area contributed by atoms with Crippen LogP contribution in [0.2, 0.25) is 5.02 Å². The summed E-state index contributed by atoms with van der Waals surface area (Å²) < 4.78 is 22.8. The Morgan fingerprint density at radius 2 is 1.71 bits per heavy atom. The molecule has 0 saturated carbocycles. The van der Waals surface area contributed by atoms with Gasteiger partial charge < -0.3 is 9.80 Å². The Hall–Kier alpha value is -2.42. The number of rotatable bonds is 9. The number of primary sulfonamides is 1. The first-order chi connectivity index (χ1) is 15.9. The van der Waals surface area contributed by atoms with E-state index < -0.39 is 15.6 Å². The number of sulfonamides is 1. The number of nitrogens with two attached hydrogens (primary N) is 1. The molecular weight excluding hydrogens is 474 g/mol. The maximum atomic E-state index is 13.7. The Balaban J connectivity index is 1.77. The predicted octanol–water partition coefficient (Wildman–Crippen LogP) is 3.20. The zero-order valence-electron chi connectivity index (χ0n) is 19.9. The molecule has 1 saturated heterocycles. The van der Waals surface area contributed by atoms with Gasteiger partial charge in [0.15, 0.2) is 0 Å². The fourth-order valence-electron chi connectivity index (χ4n) is 4.48. The Morgan fingerprint density at radius 1 is 1.09 bits per heavy atom. The monoisotopic (exact) mass is 505 g/mol. The molecule has 1 aliphatic heterocycles. The predicted molar refractivity (Wildman–Crippen MR) is 134 cm³/mol. The Labute approximate surface area is 206 Å².